The maximum absolute atomic E-state index is 14.3. The third kappa shape index (κ3) is 3.77. The second-order valence-electron chi connectivity index (χ2n) is 9.38. The SMILES string of the molecule is CC(C)(C)OC(=O)N1CC(N2CCN(c3cccc4c3cnn4-c3ccccc3F)C2=O)C1. The molecule has 0 atom stereocenters. The fourth-order valence-corrected chi connectivity index (χ4v) is 4.33. The minimum absolute atomic E-state index is 0.0321. The number of carbonyl (C=O) groups is 2. The van der Waals surface area contributed by atoms with Crippen LogP contribution in [0.5, 0.6) is 0 Å². The van der Waals surface area contributed by atoms with Gasteiger partial charge in [0.1, 0.15) is 17.1 Å². The second kappa shape index (κ2) is 7.75. The van der Waals surface area contributed by atoms with Crippen LogP contribution in [-0.2, 0) is 4.74 Å². The van der Waals surface area contributed by atoms with Crippen LogP contribution in [0.3, 0.4) is 0 Å². The van der Waals surface area contributed by atoms with Crippen LogP contribution in [0.15, 0.2) is 48.7 Å². The predicted molar refractivity (Wildman–Crippen MR) is 122 cm³/mol. The highest BCUT2D eigenvalue weighted by molar-refractivity contribution is 6.03. The molecule has 33 heavy (non-hydrogen) atoms. The van der Waals surface area contributed by atoms with E-state index in [1.54, 1.807) is 43.8 Å². The fraction of sp³-hybridized carbons (Fsp3) is 0.375. The van der Waals surface area contributed by atoms with E-state index in [0.29, 0.717) is 31.9 Å². The van der Waals surface area contributed by atoms with Crippen LogP contribution < -0.4 is 4.90 Å². The minimum atomic E-state index is -0.547. The van der Waals surface area contributed by atoms with Gasteiger partial charge in [0.15, 0.2) is 0 Å². The van der Waals surface area contributed by atoms with E-state index in [4.69, 9.17) is 4.74 Å². The lowest BCUT2D eigenvalue weighted by Crippen LogP contribution is -2.62. The molecule has 0 unspecified atom stereocenters. The van der Waals surface area contributed by atoms with Gasteiger partial charge < -0.3 is 14.5 Å². The first-order chi connectivity index (χ1) is 15.7. The third-order valence-electron chi connectivity index (χ3n) is 5.96. The van der Waals surface area contributed by atoms with Crippen molar-refractivity contribution in [2.75, 3.05) is 31.1 Å². The van der Waals surface area contributed by atoms with E-state index in [1.165, 1.54) is 6.07 Å². The van der Waals surface area contributed by atoms with Crippen molar-refractivity contribution in [2.24, 2.45) is 0 Å². The van der Waals surface area contributed by atoms with Crippen molar-refractivity contribution in [3.8, 4) is 5.69 Å². The number of hydrogen-bond acceptors (Lipinski definition) is 4. The Morgan fingerprint density at radius 3 is 2.52 bits per heavy atom. The number of rotatable bonds is 3. The molecule has 0 bridgehead atoms. The molecule has 9 heteroatoms. The Morgan fingerprint density at radius 2 is 1.79 bits per heavy atom. The molecule has 5 rings (SSSR count). The summed E-state index contributed by atoms with van der Waals surface area (Å²) in [7, 11) is 0. The number of hydrogen-bond donors (Lipinski definition) is 0. The number of nitrogens with zero attached hydrogens (tertiary/aromatic N) is 5. The van der Waals surface area contributed by atoms with Gasteiger partial charge in [-0.3, -0.25) is 4.90 Å². The van der Waals surface area contributed by atoms with Crippen molar-refractivity contribution in [1.29, 1.82) is 0 Å². The van der Waals surface area contributed by atoms with Crippen molar-refractivity contribution < 1.29 is 18.7 Å². The Hall–Kier alpha value is -3.62. The van der Waals surface area contributed by atoms with Gasteiger partial charge in [0.05, 0.1) is 23.4 Å². The molecule has 172 valence electrons. The normalized spacial score (nSPS) is 17.1. The Kier molecular flexibility index (Phi) is 4.99. The summed E-state index contributed by atoms with van der Waals surface area (Å²) in [6, 6.07) is 11.9. The van der Waals surface area contributed by atoms with Crippen LogP contribution >= 0.6 is 0 Å². The van der Waals surface area contributed by atoms with Crippen LogP contribution in [0, 0.1) is 5.82 Å². The van der Waals surface area contributed by atoms with E-state index in [1.807, 2.05) is 39.0 Å². The van der Waals surface area contributed by atoms with Crippen molar-refractivity contribution in [3.05, 3.63) is 54.5 Å². The van der Waals surface area contributed by atoms with Crippen molar-refractivity contribution in [3.63, 3.8) is 0 Å². The number of ether oxygens (including phenoxy) is 1. The fourth-order valence-electron chi connectivity index (χ4n) is 4.33. The summed E-state index contributed by atoms with van der Waals surface area (Å²) in [5.74, 6) is -0.365. The van der Waals surface area contributed by atoms with Gasteiger partial charge in [-0.05, 0) is 45.0 Å². The summed E-state index contributed by atoms with van der Waals surface area (Å²) in [5.41, 5.74) is 1.28. The first-order valence-corrected chi connectivity index (χ1v) is 11.0. The molecule has 2 fully saturated rings. The number of anilines is 1. The number of likely N-dealkylation sites (tertiary alicyclic amines) is 1. The number of halogens is 1. The van der Waals surface area contributed by atoms with Gasteiger partial charge in [-0.2, -0.15) is 5.10 Å². The van der Waals surface area contributed by atoms with Gasteiger partial charge >= 0.3 is 12.1 Å². The number of carbonyl (C=O) groups excluding carboxylic acids is 2. The van der Waals surface area contributed by atoms with Crippen LogP contribution in [0.4, 0.5) is 19.7 Å². The van der Waals surface area contributed by atoms with Gasteiger partial charge in [-0.25, -0.2) is 18.7 Å². The summed E-state index contributed by atoms with van der Waals surface area (Å²) < 4.78 is 21.3. The molecule has 2 saturated heterocycles. The average Bonchev–Trinajstić information content (AvgIpc) is 3.30. The van der Waals surface area contributed by atoms with Crippen molar-refractivity contribution >= 4 is 28.7 Å². The molecule has 0 aliphatic carbocycles. The topological polar surface area (TPSA) is 70.9 Å². The molecule has 3 amide bonds. The van der Waals surface area contributed by atoms with E-state index in [2.05, 4.69) is 5.10 Å². The molecule has 0 N–H and O–H groups in total. The molecular formula is C24H26FN5O3. The number of urea groups is 1. The zero-order valence-corrected chi connectivity index (χ0v) is 18.9. The average molecular weight is 452 g/mol. The molecule has 0 radical (unpaired) electrons. The highest BCUT2D eigenvalue weighted by Crippen LogP contribution is 2.32. The van der Waals surface area contributed by atoms with Crippen LogP contribution in [0.2, 0.25) is 0 Å². The number of amides is 3. The standard InChI is InChI=1S/C24H26FN5O3/c1-24(2,3)33-23(32)27-14-16(15-27)28-11-12-29(22(28)31)19-9-6-10-20-17(19)13-26-30(20)21-8-5-4-7-18(21)25/h4-10,13,16H,11-12,14-15H2,1-3H3. The van der Waals surface area contributed by atoms with Crippen molar-refractivity contribution in [1.82, 2.24) is 19.6 Å². The van der Waals surface area contributed by atoms with Crippen molar-refractivity contribution in [2.45, 2.75) is 32.4 Å². The lowest BCUT2D eigenvalue weighted by Gasteiger charge is -2.43. The Balaban J connectivity index is 1.34. The highest BCUT2D eigenvalue weighted by atomic mass is 19.1. The Morgan fingerprint density at radius 1 is 1.06 bits per heavy atom. The summed E-state index contributed by atoms with van der Waals surface area (Å²) in [6.07, 6.45) is 1.31. The maximum atomic E-state index is 14.3. The lowest BCUT2D eigenvalue weighted by atomic mass is 10.1. The number of aromatic nitrogens is 2. The van der Waals surface area contributed by atoms with Gasteiger partial charge in [-0.15, -0.1) is 0 Å². The quantitative estimate of drug-likeness (QED) is 0.603. The zero-order chi connectivity index (χ0) is 23.3. The van der Waals surface area contributed by atoms with Crippen LogP contribution in [-0.4, -0.2) is 69.5 Å². The Bertz CT molecular complexity index is 1230. The number of para-hydroxylation sites is 1. The predicted octanol–water partition coefficient (Wildman–Crippen LogP) is 4.03. The lowest BCUT2D eigenvalue weighted by molar-refractivity contribution is -0.00601. The van der Waals surface area contributed by atoms with E-state index < -0.39 is 5.60 Å². The molecule has 1 aromatic heterocycles. The van der Waals surface area contributed by atoms with Crippen LogP contribution in [0.25, 0.3) is 16.6 Å². The molecule has 2 aromatic carbocycles. The summed E-state index contributed by atoms with van der Waals surface area (Å²) >= 11 is 0. The maximum Gasteiger partial charge on any atom is 0.410 e. The monoisotopic (exact) mass is 451 g/mol. The molecule has 3 aromatic rings. The minimum Gasteiger partial charge on any atom is -0.444 e. The first-order valence-electron chi connectivity index (χ1n) is 11.0. The molecule has 0 spiro atoms. The molecule has 3 heterocycles. The molecule has 2 aliphatic rings. The molecule has 8 nitrogen and oxygen atoms in total. The van der Waals surface area contributed by atoms with E-state index in [0.717, 1.165) is 16.6 Å². The molecule has 0 saturated carbocycles. The number of benzene rings is 2. The van der Waals surface area contributed by atoms with E-state index in [9.17, 15) is 14.0 Å². The van der Waals surface area contributed by atoms with Gasteiger partial charge in [0.25, 0.3) is 0 Å². The largest absolute Gasteiger partial charge is 0.444 e. The van der Waals surface area contributed by atoms with Crippen LogP contribution in [0.1, 0.15) is 20.8 Å². The third-order valence-corrected chi connectivity index (χ3v) is 5.96. The van der Waals surface area contributed by atoms with E-state index in [-0.39, 0.29) is 24.0 Å². The zero-order valence-electron chi connectivity index (χ0n) is 18.9. The summed E-state index contributed by atoms with van der Waals surface area (Å²) in [5, 5.41) is 5.17. The van der Waals surface area contributed by atoms with E-state index >= 15 is 0 Å². The van der Waals surface area contributed by atoms with Gasteiger partial charge in [0.2, 0.25) is 0 Å². The molecular weight excluding hydrogens is 425 g/mol. The smallest absolute Gasteiger partial charge is 0.410 e. The van der Waals surface area contributed by atoms with Gasteiger partial charge in [0, 0.05) is 31.6 Å². The second-order valence-corrected chi connectivity index (χ2v) is 9.38. The summed E-state index contributed by atoms with van der Waals surface area (Å²) in [4.78, 5) is 30.6. The first kappa shape index (κ1) is 21.2. The number of fused-ring (bicyclic) bond motifs is 1. The molecule has 2 aliphatic heterocycles. The Labute approximate surface area is 191 Å². The summed E-state index contributed by atoms with van der Waals surface area (Å²) in [6.45, 7) is 7.53. The highest BCUT2D eigenvalue weighted by Gasteiger charge is 2.43. The van der Waals surface area contributed by atoms with Gasteiger partial charge in [-0.1, -0.05) is 18.2 Å².